The molecular weight excluding hydrogens is 270 g/mol. The summed E-state index contributed by atoms with van der Waals surface area (Å²) in [5.74, 6) is 0.292. The fourth-order valence-electron chi connectivity index (χ4n) is 2.08. The molecule has 0 aliphatic heterocycles. The summed E-state index contributed by atoms with van der Waals surface area (Å²) in [5.41, 5.74) is 3.10. The number of benzene rings is 1. The van der Waals surface area contributed by atoms with E-state index in [0.717, 1.165) is 17.0 Å². The SMILES string of the molecule is Cc1cc(-c2noc(-c3ccc(O)c(O)c3)n2)cc(C)n1. The van der Waals surface area contributed by atoms with Crippen LogP contribution in [0.1, 0.15) is 11.4 Å². The summed E-state index contributed by atoms with van der Waals surface area (Å²) in [6.45, 7) is 3.80. The normalized spacial score (nSPS) is 10.8. The first-order valence-corrected chi connectivity index (χ1v) is 6.34. The molecule has 0 amide bonds. The van der Waals surface area contributed by atoms with Gasteiger partial charge in [-0.3, -0.25) is 4.98 Å². The Bertz CT molecular complexity index is 791. The van der Waals surface area contributed by atoms with Crippen LogP contribution in [0, 0.1) is 13.8 Å². The zero-order valence-corrected chi connectivity index (χ0v) is 11.5. The second-order valence-electron chi connectivity index (χ2n) is 4.77. The predicted octanol–water partition coefficient (Wildman–Crippen LogP) is 2.83. The minimum atomic E-state index is -0.233. The first kappa shape index (κ1) is 13.1. The first-order chi connectivity index (χ1) is 10.0. The van der Waals surface area contributed by atoms with E-state index in [0.29, 0.717) is 11.4 Å². The summed E-state index contributed by atoms with van der Waals surface area (Å²) in [6, 6.07) is 8.08. The average molecular weight is 283 g/mol. The zero-order chi connectivity index (χ0) is 15.0. The van der Waals surface area contributed by atoms with Crippen LogP contribution in [-0.2, 0) is 0 Å². The van der Waals surface area contributed by atoms with E-state index in [1.165, 1.54) is 12.1 Å². The molecule has 6 heteroatoms. The Morgan fingerprint density at radius 3 is 2.24 bits per heavy atom. The van der Waals surface area contributed by atoms with E-state index < -0.39 is 0 Å². The van der Waals surface area contributed by atoms with Gasteiger partial charge in [0.2, 0.25) is 5.82 Å². The van der Waals surface area contributed by atoms with Crippen molar-refractivity contribution in [3.05, 3.63) is 41.7 Å². The third-order valence-electron chi connectivity index (χ3n) is 2.99. The van der Waals surface area contributed by atoms with Crippen molar-refractivity contribution >= 4 is 0 Å². The molecule has 106 valence electrons. The van der Waals surface area contributed by atoms with Gasteiger partial charge >= 0.3 is 0 Å². The zero-order valence-electron chi connectivity index (χ0n) is 11.5. The molecule has 0 saturated heterocycles. The van der Waals surface area contributed by atoms with Gasteiger partial charge in [-0.15, -0.1) is 0 Å². The molecule has 2 aromatic heterocycles. The maximum Gasteiger partial charge on any atom is 0.258 e. The van der Waals surface area contributed by atoms with Gasteiger partial charge in [0.25, 0.3) is 5.89 Å². The van der Waals surface area contributed by atoms with E-state index in [2.05, 4.69) is 15.1 Å². The molecule has 6 nitrogen and oxygen atoms in total. The van der Waals surface area contributed by atoms with Crippen LogP contribution in [0.4, 0.5) is 0 Å². The van der Waals surface area contributed by atoms with Gasteiger partial charge in [-0.05, 0) is 44.2 Å². The number of hydrogen-bond acceptors (Lipinski definition) is 6. The number of aryl methyl sites for hydroxylation is 2. The number of nitrogens with zero attached hydrogens (tertiary/aromatic N) is 3. The van der Waals surface area contributed by atoms with Gasteiger partial charge in [0.15, 0.2) is 11.5 Å². The van der Waals surface area contributed by atoms with E-state index in [-0.39, 0.29) is 17.4 Å². The lowest BCUT2D eigenvalue weighted by atomic mass is 10.2. The van der Waals surface area contributed by atoms with Crippen molar-refractivity contribution in [3.63, 3.8) is 0 Å². The highest BCUT2D eigenvalue weighted by atomic mass is 16.5. The van der Waals surface area contributed by atoms with Crippen molar-refractivity contribution in [1.82, 2.24) is 15.1 Å². The molecule has 0 unspecified atom stereocenters. The Hall–Kier alpha value is -2.89. The van der Waals surface area contributed by atoms with Crippen LogP contribution in [0.25, 0.3) is 22.8 Å². The number of aromatic nitrogens is 3. The largest absolute Gasteiger partial charge is 0.504 e. The molecule has 21 heavy (non-hydrogen) atoms. The van der Waals surface area contributed by atoms with E-state index in [1.54, 1.807) is 6.07 Å². The predicted molar refractivity (Wildman–Crippen MR) is 75.8 cm³/mol. The Labute approximate surface area is 120 Å². The summed E-state index contributed by atoms with van der Waals surface area (Å²) < 4.78 is 5.21. The van der Waals surface area contributed by atoms with Crippen LogP contribution in [0.2, 0.25) is 0 Å². The third kappa shape index (κ3) is 2.55. The van der Waals surface area contributed by atoms with Crippen LogP contribution in [0.3, 0.4) is 0 Å². The summed E-state index contributed by atoms with van der Waals surface area (Å²) in [7, 11) is 0. The van der Waals surface area contributed by atoms with Crippen molar-refractivity contribution in [2.45, 2.75) is 13.8 Å². The maximum absolute atomic E-state index is 9.51. The van der Waals surface area contributed by atoms with E-state index in [1.807, 2.05) is 26.0 Å². The Morgan fingerprint density at radius 1 is 0.857 bits per heavy atom. The molecule has 0 saturated carbocycles. The number of aromatic hydroxyl groups is 2. The highest BCUT2D eigenvalue weighted by molar-refractivity contribution is 5.62. The summed E-state index contributed by atoms with van der Waals surface area (Å²) in [4.78, 5) is 8.60. The number of phenols is 2. The average Bonchev–Trinajstić information content (AvgIpc) is 2.90. The van der Waals surface area contributed by atoms with Crippen LogP contribution < -0.4 is 0 Å². The Morgan fingerprint density at radius 2 is 1.57 bits per heavy atom. The molecule has 0 atom stereocenters. The fraction of sp³-hybridized carbons (Fsp3) is 0.133. The van der Waals surface area contributed by atoms with E-state index in [4.69, 9.17) is 4.52 Å². The Balaban J connectivity index is 2.01. The standard InChI is InChI=1S/C15H13N3O3/c1-8-5-11(6-9(2)16-8)14-17-15(21-18-14)10-3-4-12(19)13(20)7-10/h3-7,19-20H,1-2H3. The van der Waals surface area contributed by atoms with E-state index in [9.17, 15) is 10.2 Å². The molecule has 0 spiro atoms. The van der Waals surface area contributed by atoms with Crippen LogP contribution in [-0.4, -0.2) is 25.3 Å². The highest BCUT2D eigenvalue weighted by Gasteiger charge is 2.13. The van der Waals surface area contributed by atoms with Crippen molar-refractivity contribution in [2.24, 2.45) is 0 Å². The maximum atomic E-state index is 9.51. The topological polar surface area (TPSA) is 92.3 Å². The lowest BCUT2D eigenvalue weighted by Gasteiger charge is -1.99. The molecule has 0 fully saturated rings. The van der Waals surface area contributed by atoms with Gasteiger partial charge in [0.05, 0.1) is 0 Å². The fourth-order valence-corrected chi connectivity index (χ4v) is 2.08. The first-order valence-electron chi connectivity index (χ1n) is 6.34. The van der Waals surface area contributed by atoms with Crippen LogP contribution in [0.5, 0.6) is 11.5 Å². The van der Waals surface area contributed by atoms with Crippen LogP contribution >= 0.6 is 0 Å². The number of hydrogen-bond donors (Lipinski definition) is 2. The van der Waals surface area contributed by atoms with Crippen LogP contribution in [0.15, 0.2) is 34.9 Å². The lowest BCUT2D eigenvalue weighted by molar-refractivity contribution is 0.402. The molecular formula is C15H13N3O3. The molecule has 0 radical (unpaired) electrons. The second kappa shape index (κ2) is 4.90. The minimum absolute atomic E-state index is 0.195. The quantitative estimate of drug-likeness (QED) is 0.702. The van der Waals surface area contributed by atoms with Gasteiger partial charge in [0.1, 0.15) is 0 Å². The van der Waals surface area contributed by atoms with Crippen molar-refractivity contribution < 1.29 is 14.7 Å². The molecule has 3 aromatic rings. The second-order valence-corrected chi connectivity index (χ2v) is 4.77. The molecule has 0 aliphatic carbocycles. The van der Waals surface area contributed by atoms with Crippen molar-refractivity contribution in [2.75, 3.05) is 0 Å². The van der Waals surface area contributed by atoms with Gasteiger partial charge in [-0.2, -0.15) is 4.98 Å². The molecule has 2 N–H and O–H groups in total. The lowest BCUT2D eigenvalue weighted by Crippen LogP contribution is -1.89. The van der Waals surface area contributed by atoms with Crippen molar-refractivity contribution in [1.29, 1.82) is 0 Å². The molecule has 0 bridgehead atoms. The third-order valence-corrected chi connectivity index (χ3v) is 2.99. The molecule has 2 heterocycles. The van der Waals surface area contributed by atoms with Gasteiger partial charge in [-0.25, -0.2) is 0 Å². The van der Waals surface area contributed by atoms with Gasteiger partial charge < -0.3 is 14.7 Å². The van der Waals surface area contributed by atoms with Gasteiger partial charge in [0, 0.05) is 22.5 Å². The molecule has 3 rings (SSSR count). The van der Waals surface area contributed by atoms with E-state index >= 15 is 0 Å². The minimum Gasteiger partial charge on any atom is -0.504 e. The number of pyridine rings is 1. The molecule has 1 aromatic carbocycles. The number of rotatable bonds is 2. The van der Waals surface area contributed by atoms with Crippen molar-refractivity contribution in [3.8, 4) is 34.3 Å². The summed E-state index contributed by atoms with van der Waals surface area (Å²) >= 11 is 0. The summed E-state index contributed by atoms with van der Waals surface area (Å²) in [5, 5.41) is 22.8. The molecule has 0 aliphatic rings. The smallest absolute Gasteiger partial charge is 0.258 e. The monoisotopic (exact) mass is 283 g/mol. The summed E-state index contributed by atoms with van der Waals surface area (Å²) in [6.07, 6.45) is 0. The number of phenolic OH excluding ortho intramolecular Hbond substituents is 2. The Kier molecular flexibility index (Phi) is 3.06. The highest BCUT2D eigenvalue weighted by Crippen LogP contribution is 2.30. The van der Waals surface area contributed by atoms with Gasteiger partial charge in [-0.1, -0.05) is 5.16 Å².